The molecule has 0 aliphatic rings. The largest absolute Gasteiger partial charge is 0.508 e. The topological polar surface area (TPSA) is 183 Å². The Balaban J connectivity index is 0.000000942. The number of aliphatic carboxylic acids is 1. The van der Waals surface area contributed by atoms with Crippen molar-refractivity contribution >= 4 is 29.7 Å². The number of phenolic OH excluding ortho intramolecular Hbond substituents is 1. The van der Waals surface area contributed by atoms with Crippen molar-refractivity contribution in [3.05, 3.63) is 102 Å². The molecule has 0 aromatic heterocycles. The molecule has 11 nitrogen and oxygen atoms in total. The van der Waals surface area contributed by atoms with Crippen LogP contribution >= 0.6 is 0 Å². The van der Waals surface area contributed by atoms with E-state index in [1.54, 1.807) is 31.2 Å². The normalized spacial score (nSPS) is 11.9. The molecule has 1 atom stereocenters. The lowest BCUT2D eigenvalue weighted by atomic mass is 9.90. The second-order valence-corrected chi connectivity index (χ2v) is 9.81. The smallest absolute Gasteiger partial charge is 0.490 e. The molecule has 14 heteroatoms. The summed E-state index contributed by atoms with van der Waals surface area (Å²) in [6.07, 6.45) is -4.04. The number of aromatic hydroxyl groups is 1. The van der Waals surface area contributed by atoms with E-state index in [1.807, 2.05) is 60.7 Å². The Morgan fingerprint density at radius 3 is 1.87 bits per heavy atom. The van der Waals surface area contributed by atoms with Crippen molar-refractivity contribution in [2.75, 3.05) is 6.54 Å². The number of benzene rings is 3. The first-order chi connectivity index (χ1) is 21.8. The molecule has 0 spiro atoms. The Morgan fingerprint density at radius 1 is 0.870 bits per heavy atom. The number of nitrogens with zero attached hydrogens (tertiary/aromatic N) is 1. The van der Waals surface area contributed by atoms with Crippen molar-refractivity contribution in [3.8, 4) is 5.75 Å². The van der Waals surface area contributed by atoms with E-state index in [2.05, 4.69) is 20.9 Å². The van der Waals surface area contributed by atoms with Gasteiger partial charge in [-0.1, -0.05) is 79.7 Å². The molecule has 0 saturated heterocycles. The molecule has 3 aromatic carbocycles. The van der Waals surface area contributed by atoms with E-state index in [9.17, 15) is 32.7 Å². The van der Waals surface area contributed by atoms with E-state index in [0.29, 0.717) is 12.8 Å². The Hall–Kier alpha value is -5.40. The van der Waals surface area contributed by atoms with Gasteiger partial charge in [-0.2, -0.15) is 13.2 Å². The second-order valence-electron chi connectivity index (χ2n) is 9.81. The quantitative estimate of drug-likeness (QED) is 0.0990. The summed E-state index contributed by atoms with van der Waals surface area (Å²) in [4.78, 5) is 51.4. The van der Waals surface area contributed by atoms with Gasteiger partial charge in [0.15, 0.2) is 5.96 Å². The molecule has 0 saturated carbocycles. The third-order valence-electron chi connectivity index (χ3n) is 6.33. The van der Waals surface area contributed by atoms with Gasteiger partial charge in [0.25, 0.3) is 0 Å². The van der Waals surface area contributed by atoms with Crippen LogP contribution in [0.3, 0.4) is 0 Å². The lowest BCUT2D eigenvalue weighted by Crippen LogP contribution is -2.48. The van der Waals surface area contributed by atoms with Crippen LogP contribution < -0.4 is 21.7 Å². The Kier molecular flexibility index (Phi) is 14.7. The van der Waals surface area contributed by atoms with E-state index < -0.39 is 24.1 Å². The number of alkyl halides is 3. The zero-order valence-corrected chi connectivity index (χ0v) is 25.0. The zero-order chi connectivity index (χ0) is 34.1. The van der Waals surface area contributed by atoms with Crippen LogP contribution in [0.25, 0.3) is 0 Å². The first kappa shape index (κ1) is 36.8. The zero-order valence-electron chi connectivity index (χ0n) is 25.0. The molecule has 246 valence electrons. The monoisotopic (exact) mass is 643 g/mol. The number of hydrogen-bond donors (Lipinski definition) is 6. The Morgan fingerprint density at radius 2 is 1.39 bits per heavy atom. The van der Waals surface area contributed by atoms with E-state index in [1.165, 1.54) is 0 Å². The first-order valence-corrected chi connectivity index (χ1v) is 14.2. The van der Waals surface area contributed by atoms with Crippen molar-refractivity contribution in [2.45, 2.75) is 50.9 Å². The average Bonchev–Trinajstić information content (AvgIpc) is 3.03. The summed E-state index contributed by atoms with van der Waals surface area (Å²) in [7, 11) is 0. The number of nitrogens with one attached hydrogen (secondary N) is 3. The number of halogens is 3. The Bertz CT molecular complexity index is 1410. The molecule has 0 fully saturated rings. The van der Waals surface area contributed by atoms with Crippen molar-refractivity contribution in [2.24, 2.45) is 10.7 Å². The molecule has 0 aliphatic heterocycles. The van der Waals surface area contributed by atoms with Crippen LogP contribution in [0.2, 0.25) is 0 Å². The maximum Gasteiger partial charge on any atom is 0.490 e. The number of aliphatic imine (C=N–C) groups is 1. The van der Waals surface area contributed by atoms with Gasteiger partial charge in [-0.05, 0) is 41.7 Å². The van der Waals surface area contributed by atoms with Gasteiger partial charge in [-0.15, -0.1) is 0 Å². The maximum atomic E-state index is 13.7. The minimum atomic E-state index is -5.08. The van der Waals surface area contributed by atoms with Crippen LogP contribution in [0.1, 0.15) is 48.8 Å². The minimum Gasteiger partial charge on any atom is -0.508 e. The van der Waals surface area contributed by atoms with Gasteiger partial charge in [0.2, 0.25) is 17.7 Å². The third-order valence-corrected chi connectivity index (χ3v) is 6.33. The van der Waals surface area contributed by atoms with E-state index in [-0.39, 0.29) is 48.9 Å². The molecule has 0 radical (unpaired) electrons. The van der Waals surface area contributed by atoms with Crippen LogP contribution in [-0.2, 0) is 25.7 Å². The fourth-order valence-electron chi connectivity index (χ4n) is 4.00. The summed E-state index contributed by atoms with van der Waals surface area (Å²) >= 11 is 0. The number of phenols is 1. The molecule has 3 amide bonds. The predicted octanol–water partition coefficient (Wildman–Crippen LogP) is 3.58. The molecular weight excluding hydrogens is 607 g/mol. The van der Waals surface area contributed by atoms with Crippen LogP contribution in [0.15, 0.2) is 89.9 Å². The number of carbonyl (C=O) groups is 4. The van der Waals surface area contributed by atoms with Crippen molar-refractivity contribution in [3.63, 3.8) is 0 Å². The highest BCUT2D eigenvalue weighted by atomic mass is 19.4. The van der Waals surface area contributed by atoms with E-state index >= 15 is 0 Å². The number of nitrogens with two attached hydrogens (primary N) is 1. The summed E-state index contributed by atoms with van der Waals surface area (Å²) in [6.45, 7) is 2.22. The van der Waals surface area contributed by atoms with Crippen LogP contribution in [0.5, 0.6) is 5.75 Å². The number of rotatable bonds is 12. The number of hydrogen-bond acceptors (Lipinski definition) is 6. The van der Waals surface area contributed by atoms with Gasteiger partial charge in [0.05, 0.1) is 5.92 Å². The van der Waals surface area contributed by atoms with E-state index in [4.69, 9.17) is 15.6 Å². The summed E-state index contributed by atoms with van der Waals surface area (Å²) in [5, 5.41) is 24.9. The number of carboxylic acid groups (broad SMARTS) is 1. The molecule has 3 rings (SSSR count). The molecule has 0 heterocycles. The maximum absolute atomic E-state index is 13.7. The molecule has 7 N–H and O–H groups in total. The Labute approximate surface area is 263 Å². The van der Waals surface area contributed by atoms with Crippen LogP contribution in [0.4, 0.5) is 13.2 Å². The van der Waals surface area contributed by atoms with E-state index in [0.717, 1.165) is 16.7 Å². The molecule has 3 aromatic rings. The van der Waals surface area contributed by atoms with Gasteiger partial charge < -0.3 is 26.6 Å². The van der Waals surface area contributed by atoms with Gasteiger partial charge in [-0.25, -0.2) is 4.79 Å². The number of carboxylic acids is 1. The molecule has 0 bridgehead atoms. The fraction of sp³-hybridized carbons (Fsp3) is 0.281. The highest BCUT2D eigenvalue weighted by Gasteiger charge is 2.38. The minimum absolute atomic E-state index is 0.0208. The van der Waals surface area contributed by atoms with Crippen molar-refractivity contribution < 1.29 is 42.6 Å². The predicted molar refractivity (Wildman–Crippen MR) is 164 cm³/mol. The number of amides is 3. The molecule has 46 heavy (non-hydrogen) atoms. The summed E-state index contributed by atoms with van der Waals surface area (Å²) in [5.41, 5.74) is 8.18. The highest BCUT2D eigenvalue weighted by Crippen LogP contribution is 2.25. The third kappa shape index (κ3) is 13.1. The van der Waals surface area contributed by atoms with Gasteiger partial charge in [0, 0.05) is 19.5 Å². The molecule has 0 aliphatic carbocycles. The first-order valence-electron chi connectivity index (χ1n) is 14.2. The van der Waals surface area contributed by atoms with Crippen molar-refractivity contribution in [1.82, 2.24) is 16.0 Å². The fourth-order valence-corrected chi connectivity index (χ4v) is 4.00. The molecular formula is C32H36F3N5O6. The summed E-state index contributed by atoms with van der Waals surface area (Å²) < 4.78 is 31.7. The molecule has 0 unspecified atom stereocenters. The van der Waals surface area contributed by atoms with Crippen LogP contribution in [-0.4, -0.2) is 58.6 Å². The second kappa shape index (κ2) is 18.4. The van der Waals surface area contributed by atoms with Crippen LogP contribution in [0, 0.1) is 0 Å². The lowest BCUT2D eigenvalue weighted by Gasteiger charge is -2.23. The van der Waals surface area contributed by atoms with Gasteiger partial charge >= 0.3 is 12.1 Å². The van der Waals surface area contributed by atoms with Gasteiger partial charge in [0.1, 0.15) is 11.8 Å². The number of guanidine groups is 1. The van der Waals surface area contributed by atoms with Gasteiger partial charge in [-0.3, -0.25) is 24.7 Å². The number of carbonyl (C=O) groups excluding carboxylic acids is 3. The standard InChI is InChI=1S/C30H35N5O4.C2HF3O2/c1-2-26(37)35-30(31)32-19-9-14-25(28(38)33-20-21-15-17-24(36)18-16-21)34-29(39)27(22-10-5-3-6-11-22)23-12-7-4-8-13-23;3-2(4,5)1(6)7/h3-8,10-13,15-18,25,27,36H,2,9,14,19-20H2,1H3,(H,33,38)(H,34,39)(H3,31,32,35,37);(H,6,7)/t25-;/m1./s1. The average molecular weight is 644 g/mol. The highest BCUT2D eigenvalue weighted by molar-refractivity contribution is 5.96. The summed E-state index contributed by atoms with van der Waals surface area (Å²) in [6, 6.07) is 24.5. The van der Waals surface area contributed by atoms with Crippen molar-refractivity contribution in [1.29, 1.82) is 0 Å². The SMILES string of the molecule is CCC(=O)NC(N)=NCCC[C@@H](NC(=O)C(c1ccccc1)c1ccccc1)C(=O)NCc1ccc(O)cc1.O=C(O)C(F)(F)F. The lowest BCUT2D eigenvalue weighted by molar-refractivity contribution is -0.192. The summed E-state index contributed by atoms with van der Waals surface area (Å²) in [5.74, 6) is -4.07.